The number of hydrogen-bond donors (Lipinski definition) is 2. The summed E-state index contributed by atoms with van der Waals surface area (Å²) in [6.45, 7) is 1.01. The quantitative estimate of drug-likeness (QED) is 0.613. The van der Waals surface area contributed by atoms with Gasteiger partial charge in [-0.1, -0.05) is 60.7 Å². The zero-order valence-corrected chi connectivity index (χ0v) is 14.1. The molecule has 134 valence electrons. The van der Waals surface area contributed by atoms with Crippen LogP contribution in [-0.2, 0) is 27.5 Å². The Kier molecular flexibility index (Phi) is 8.12. The summed E-state index contributed by atoms with van der Waals surface area (Å²) in [7, 11) is 0. The van der Waals surface area contributed by atoms with E-state index in [4.69, 9.17) is 9.47 Å². The lowest BCUT2D eigenvalue weighted by Crippen LogP contribution is -2.33. The van der Waals surface area contributed by atoms with Crippen molar-refractivity contribution in [2.24, 2.45) is 5.92 Å². The van der Waals surface area contributed by atoms with Crippen LogP contribution in [0, 0.1) is 5.92 Å². The van der Waals surface area contributed by atoms with E-state index >= 15 is 0 Å². The Labute approximate surface area is 147 Å². The predicted molar refractivity (Wildman–Crippen MR) is 93.9 cm³/mol. The van der Waals surface area contributed by atoms with Crippen molar-refractivity contribution >= 4 is 5.97 Å². The Hall–Kier alpha value is -2.21. The zero-order valence-electron chi connectivity index (χ0n) is 14.1. The highest BCUT2D eigenvalue weighted by Gasteiger charge is 2.26. The molecule has 2 N–H and O–H groups in total. The van der Waals surface area contributed by atoms with Crippen LogP contribution in [0.2, 0.25) is 0 Å². The molecule has 0 aliphatic heterocycles. The van der Waals surface area contributed by atoms with Gasteiger partial charge in [-0.3, -0.25) is 4.79 Å². The van der Waals surface area contributed by atoms with Gasteiger partial charge in [0.25, 0.3) is 0 Å². The lowest BCUT2D eigenvalue weighted by Gasteiger charge is -2.19. The van der Waals surface area contributed by atoms with Crippen molar-refractivity contribution in [3.05, 3.63) is 71.8 Å². The van der Waals surface area contributed by atoms with E-state index in [1.165, 1.54) is 0 Å². The van der Waals surface area contributed by atoms with E-state index in [2.05, 4.69) is 0 Å². The number of rotatable bonds is 11. The minimum absolute atomic E-state index is 0.0233. The first-order valence-corrected chi connectivity index (χ1v) is 8.31. The van der Waals surface area contributed by atoms with Gasteiger partial charge in [0, 0.05) is 6.61 Å². The first kappa shape index (κ1) is 19.1. The fourth-order valence-corrected chi connectivity index (χ4v) is 2.44. The molecule has 2 rings (SSSR count). The summed E-state index contributed by atoms with van der Waals surface area (Å²) in [6, 6.07) is 19.2. The van der Waals surface area contributed by atoms with E-state index in [0.717, 1.165) is 11.1 Å². The fourth-order valence-electron chi connectivity index (χ4n) is 2.44. The van der Waals surface area contributed by atoms with Crippen molar-refractivity contribution in [1.82, 2.24) is 0 Å². The van der Waals surface area contributed by atoms with Crippen LogP contribution in [0.15, 0.2) is 60.7 Å². The SMILES string of the molecule is O=C(O)C(CCOCc1ccccc1)C(O)COCc1ccccc1. The molecule has 0 aliphatic rings. The molecule has 0 aliphatic carbocycles. The second kappa shape index (κ2) is 10.6. The predicted octanol–water partition coefficient (Wildman–Crippen LogP) is 2.87. The topological polar surface area (TPSA) is 76.0 Å². The van der Waals surface area contributed by atoms with Crippen LogP contribution in [0.5, 0.6) is 0 Å². The molecule has 0 saturated carbocycles. The Balaban J connectivity index is 1.70. The highest BCUT2D eigenvalue weighted by Crippen LogP contribution is 2.13. The lowest BCUT2D eigenvalue weighted by atomic mass is 10.00. The van der Waals surface area contributed by atoms with E-state index < -0.39 is 18.0 Å². The zero-order chi connectivity index (χ0) is 17.9. The summed E-state index contributed by atoms with van der Waals surface area (Å²) in [4.78, 5) is 11.4. The van der Waals surface area contributed by atoms with Gasteiger partial charge in [-0.25, -0.2) is 0 Å². The Bertz CT molecular complexity index is 614. The molecule has 2 unspecified atom stereocenters. The van der Waals surface area contributed by atoms with Gasteiger partial charge >= 0.3 is 5.97 Å². The Morgan fingerprint density at radius 2 is 1.40 bits per heavy atom. The largest absolute Gasteiger partial charge is 0.481 e. The van der Waals surface area contributed by atoms with Crippen molar-refractivity contribution in [2.45, 2.75) is 25.7 Å². The van der Waals surface area contributed by atoms with Gasteiger partial charge in [0.2, 0.25) is 0 Å². The van der Waals surface area contributed by atoms with E-state index in [1.807, 2.05) is 60.7 Å². The van der Waals surface area contributed by atoms with E-state index in [1.54, 1.807) is 0 Å². The summed E-state index contributed by atoms with van der Waals surface area (Å²) in [5.41, 5.74) is 2.01. The minimum atomic E-state index is -1.07. The molecule has 0 heterocycles. The summed E-state index contributed by atoms with van der Waals surface area (Å²) in [5, 5.41) is 19.4. The lowest BCUT2D eigenvalue weighted by molar-refractivity contribution is -0.148. The molecule has 0 bridgehead atoms. The summed E-state index contributed by atoms with van der Waals surface area (Å²) in [5.74, 6) is -1.95. The second-order valence-corrected chi connectivity index (χ2v) is 5.84. The van der Waals surface area contributed by atoms with Gasteiger partial charge in [0.15, 0.2) is 0 Å². The van der Waals surface area contributed by atoms with Crippen molar-refractivity contribution in [2.75, 3.05) is 13.2 Å². The van der Waals surface area contributed by atoms with Crippen LogP contribution in [0.4, 0.5) is 0 Å². The molecular formula is C20H24O5. The average molecular weight is 344 g/mol. The van der Waals surface area contributed by atoms with Gasteiger partial charge in [-0.15, -0.1) is 0 Å². The Morgan fingerprint density at radius 1 is 0.880 bits per heavy atom. The van der Waals surface area contributed by atoms with Gasteiger partial charge in [-0.2, -0.15) is 0 Å². The second-order valence-electron chi connectivity index (χ2n) is 5.84. The van der Waals surface area contributed by atoms with Crippen LogP contribution < -0.4 is 0 Å². The van der Waals surface area contributed by atoms with Gasteiger partial charge in [0.1, 0.15) is 0 Å². The molecule has 5 nitrogen and oxygen atoms in total. The number of hydrogen-bond acceptors (Lipinski definition) is 4. The number of aliphatic hydroxyl groups is 1. The molecule has 0 spiro atoms. The maximum atomic E-state index is 11.4. The van der Waals surface area contributed by atoms with Crippen LogP contribution in [0.25, 0.3) is 0 Å². The number of carbonyl (C=O) groups is 1. The first-order chi connectivity index (χ1) is 12.2. The normalized spacial score (nSPS) is 13.3. The maximum Gasteiger partial charge on any atom is 0.309 e. The molecule has 2 atom stereocenters. The summed E-state index contributed by atoms with van der Waals surface area (Å²) >= 11 is 0. The average Bonchev–Trinajstić information content (AvgIpc) is 2.63. The van der Waals surface area contributed by atoms with Crippen LogP contribution in [-0.4, -0.2) is 35.5 Å². The molecule has 0 fully saturated rings. The fraction of sp³-hybridized carbons (Fsp3) is 0.350. The molecule has 2 aromatic carbocycles. The molecule has 25 heavy (non-hydrogen) atoms. The number of benzene rings is 2. The number of aliphatic carboxylic acids is 1. The van der Waals surface area contributed by atoms with Crippen molar-refractivity contribution in [3.63, 3.8) is 0 Å². The third kappa shape index (κ3) is 7.05. The Morgan fingerprint density at radius 3 is 1.92 bits per heavy atom. The molecule has 0 aromatic heterocycles. The number of carboxylic acid groups (broad SMARTS) is 1. The van der Waals surface area contributed by atoms with Gasteiger partial charge < -0.3 is 19.7 Å². The maximum absolute atomic E-state index is 11.4. The highest BCUT2D eigenvalue weighted by molar-refractivity contribution is 5.70. The molecular weight excluding hydrogens is 320 g/mol. The standard InChI is InChI=1S/C20H24O5/c21-19(15-25-14-17-9-5-2-6-10-17)18(20(22)23)11-12-24-13-16-7-3-1-4-8-16/h1-10,18-19,21H,11-15H2,(H,22,23). The number of aliphatic hydroxyl groups excluding tert-OH is 1. The van der Waals surface area contributed by atoms with Gasteiger partial charge in [-0.05, 0) is 17.5 Å². The molecule has 0 radical (unpaired) electrons. The van der Waals surface area contributed by atoms with Gasteiger partial charge in [0.05, 0.1) is 31.8 Å². The third-order valence-corrected chi connectivity index (χ3v) is 3.87. The van der Waals surface area contributed by atoms with Crippen molar-refractivity contribution < 1.29 is 24.5 Å². The number of ether oxygens (including phenoxy) is 2. The smallest absolute Gasteiger partial charge is 0.309 e. The molecule has 2 aromatic rings. The van der Waals surface area contributed by atoms with Crippen LogP contribution >= 0.6 is 0 Å². The number of carboxylic acids is 1. The third-order valence-electron chi connectivity index (χ3n) is 3.87. The van der Waals surface area contributed by atoms with E-state index in [9.17, 15) is 15.0 Å². The van der Waals surface area contributed by atoms with Crippen LogP contribution in [0.3, 0.4) is 0 Å². The summed E-state index contributed by atoms with van der Waals surface area (Å²) < 4.78 is 10.9. The molecule has 0 saturated heterocycles. The minimum Gasteiger partial charge on any atom is -0.481 e. The van der Waals surface area contributed by atoms with Crippen LogP contribution in [0.1, 0.15) is 17.5 Å². The van der Waals surface area contributed by atoms with Crippen molar-refractivity contribution in [3.8, 4) is 0 Å². The monoisotopic (exact) mass is 344 g/mol. The summed E-state index contributed by atoms with van der Waals surface area (Å²) in [6.07, 6.45) is -0.834. The van der Waals surface area contributed by atoms with Crippen molar-refractivity contribution in [1.29, 1.82) is 0 Å². The van der Waals surface area contributed by atoms with E-state index in [-0.39, 0.29) is 19.6 Å². The molecule has 0 amide bonds. The highest BCUT2D eigenvalue weighted by atomic mass is 16.5. The first-order valence-electron chi connectivity index (χ1n) is 8.31. The van der Waals surface area contributed by atoms with E-state index in [0.29, 0.717) is 13.2 Å². The molecule has 5 heteroatoms.